The molecule has 2 aromatic carbocycles. The van der Waals surface area contributed by atoms with Crippen molar-refractivity contribution in [1.82, 2.24) is 9.97 Å². The molecule has 2 heterocycles. The SMILES string of the molecule is CCCCC#Cc1c(-c2ccncc2)ccc2c(C#CCCCC)c(-c3cccnc3)ccc12. The Morgan fingerprint density at radius 3 is 1.74 bits per heavy atom. The van der Waals surface area contributed by atoms with Crippen molar-refractivity contribution in [3.63, 3.8) is 0 Å². The molecule has 0 aliphatic heterocycles. The summed E-state index contributed by atoms with van der Waals surface area (Å²) >= 11 is 0. The largest absolute Gasteiger partial charge is 0.265 e. The van der Waals surface area contributed by atoms with Crippen LogP contribution in [-0.2, 0) is 0 Å². The minimum atomic E-state index is 0.901. The summed E-state index contributed by atoms with van der Waals surface area (Å²) in [6.07, 6.45) is 13.7. The molecule has 2 heteroatoms. The molecule has 0 fully saturated rings. The Morgan fingerprint density at radius 1 is 0.618 bits per heavy atom. The summed E-state index contributed by atoms with van der Waals surface area (Å²) in [4.78, 5) is 8.54. The van der Waals surface area contributed by atoms with Gasteiger partial charge in [-0.2, -0.15) is 0 Å². The molecule has 168 valence electrons. The second-order valence-electron chi connectivity index (χ2n) is 8.36. The van der Waals surface area contributed by atoms with Crippen molar-refractivity contribution < 1.29 is 0 Å². The fourth-order valence-electron chi connectivity index (χ4n) is 4.04. The molecule has 0 saturated heterocycles. The first-order valence-corrected chi connectivity index (χ1v) is 12.2. The van der Waals surface area contributed by atoms with Crippen molar-refractivity contribution in [2.45, 2.75) is 52.4 Å². The maximum Gasteiger partial charge on any atom is 0.0403 e. The van der Waals surface area contributed by atoms with Crippen LogP contribution >= 0.6 is 0 Å². The van der Waals surface area contributed by atoms with Crippen molar-refractivity contribution in [2.24, 2.45) is 0 Å². The summed E-state index contributed by atoms with van der Waals surface area (Å²) in [5, 5.41) is 2.29. The predicted octanol–water partition coefficient (Wildman–Crippen LogP) is 8.05. The highest BCUT2D eigenvalue weighted by molar-refractivity contribution is 6.01. The number of unbranched alkanes of at least 4 members (excludes halogenated alkanes) is 4. The van der Waals surface area contributed by atoms with E-state index in [0.29, 0.717) is 0 Å². The lowest BCUT2D eigenvalue weighted by Crippen LogP contribution is -1.93. The average molecular weight is 443 g/mol. The van der Waals surface area contributed by atoms with Crippen LogP contribution in [0.4, 0.5) is 0 Å². The smallest absolute Gasteiger partial charge is 0.0403 e. The van der Waals surface area contributed by atoms with Gasteiger partial charge in [-0.3, -0.25) is 9.97 Å². The van der Waals surface area contributed by atoms with E-state index in [1.165, 1.54) is 0 Å². The number of nitrogens with zero attached hydrogens (tertiary/aromatic N) is 2. The molecule has 0 atom stereocenters. The number of hydrogen-bond donors (Lipinski definition) is 0. The fraction of sp³-hybridized carbons (Fsp3) is 0.250. The Bertz CT molecular complexity index is 1260. The lowest BCUT2D eigenvalue weighted by molar-refractivity contribution is 0.828. The van der Waals surface area contributed by atoms with Gasteiger partial charge >= 0.3 is 0 Å². The van der Waals surface area contributed by atoms with E-state index in [1.54, 1.807) is 0 Å². The fourth-order valence-corrected chi connectivity index (χ4v) is 4.04. The molecule has 2 nitrogen and oxygen atoms in total. The maximum atomic E-state index is 4.34. The summed E-state index contributed by atoms with van der Waals surface area (Å²) in [5.74, 6) is 13.9. The van der Waals surface area contributed by atoms with Crippen LogP contribution in [0.2, 0.25) is 0 Å². The van der Waals surface area contributed by atoms with E-state index in [0.717, 1.165) is 82.7 Å². The van der Waals surface area contributed by atoms with Crippen molar-refractivity contribution in [1.29, 1.82) is 0 Å². The summed E-state index contributed by atoms with van der Waals surface area (Å²) in [5.41, 5.74) is 6.58. The summed E-state index contributed by atoms with van der Waals surface area (Å²) in [6, 6.07) is 16.9. The number of hydrogen-bond acceptors (Lipinski definition) is 2. The highest BCUT2D eigenvalue weighted by Crippen LogP contribution is 2.35. The zero-order valence-electron chi connectivity index (χ0n) is 20.1. The van der Waals surface area contributed by atoms with E-state index in [1.807, 2.05) is 43.0 Å². The summed E-state index contributed by atoms with van der Waals surface area (Å²) in [6.45, 7) is 4.40. The van der Waals surface area contributed by atoms with Gasteiger partial charge in [0, 0.05) is 54.3 Å². The Hall–Kier alpha value is -3.88. The third-order valence-corrected chi connectivity index (χ3v) is 5.90. The van der Waals surface area contributed by atoms with Crippen molar-refractivity contribution in [3.8, 4) is 45.9 Å². The monoisotopic (exact) mass is 442 g/mol. The number of fused-ring (bicyclic) bond motifs is 1. The second kappa shape index (κ2) is 11.8. The van der Waals surface area contributed by atoms with E-state index >= 15 is 0 Å². The second-order valence-corrected chi connectivity index (χ2v) is 8.36. The van der Waals surface area contributed by atoms with Gasteiger partial charge < -0.3 is 0 Å². The molecule has 0 unspecified atom stereocenters. The summed E-state index contributed by atoms with van der Waals surface area (Å²) in [7, 11) is 0. The van der Waals surface area contributed by atoms with Gasteiger partial charge in [-0.15, -0.1) is 0 Å². The number of benzene rings is 2. The molecule has 0 N–H and O–H groups in total. The van der Waals surface area contributed by atoms with Crippen LogP contribution in [0.3, 0.4) is 0 Å². The van der Waals surface area contributed by atoms with Crippen molar-refractivity contribution in [2.75, 3.05) is 0 Å². The Morgan fingerprint density at radius 2 is 1.21 bits per heavy atom. The Labute approximate surface area is 203 Å². The first-order valence-electron chi connectivity index (χ1n) is 12.2. The molecule has 0 spiro atoms. The first kappa shape index (κ1) is 23.3. The molecular formula is C32H30N2. The summed E-state index contributed by atoms with van der Waals surface area (Å²) < 4.78 is 0. The third-order valence-electron chi connectivity index (χ3n) is 5.90. The van der Waals surface area contributed by atoms with Crippen molar-refractivity contribution in [3.05, 3.63) is 84.4 Å². The lowest BCUT2D eigenvalue weighted by atomic mass is 9.89. The maximum absolute atomic E-state index is 4.34. The molecule has 0 bridgehead atoms. The van der Waals surface area contributed by atoms with E-state index in [2.05, 4.69) is 77.8 Å². The van der Waals surface area contributed by atoms with Gasteiger partial charge in [0.15, 0.2) is 0 Å². The number of pyridine rings is 2. The van der Waals surface area contributed by atoms with Crippen LogP contribution in [0.1, 0.15) is 63.5 Å². The zero-order valence-corrected chi connectivity index (χ0v) is 20.1. The standard InChI is InChI=1S/C32H30N2/c1-3-5-7-9-13-29-27(25-19-22-33-23-20-25)15-17-32-30(14-10-8-6-4-2)28(16-18-31(29)32)26-12-11-21-34-24-26/h11-12,15-24H,3-8H2,1-2H3. The first-order chi connectivity index (χ1) is 16.8. The lowest BCUT2D eigenvalue weighted by Gasteiger charge is -2.13. The van der Waals surface area contributed by atoms with Gasteiger partial charge in [-0.25, -0.2) is 0 Å². The Kier molecular flexibility index (Phi) is 8.10. The zero-order chi connectivity index (χ0) is 23.6. The normalized spacial score (nSPS) is 10.3. The van der Waals surface area contributed by atoms with E-state index in [9.17, 15) is 0 Å². The highest BCUT2D eigenvalue weighted by Gasteiger charge is 2.14. The van der Waals surface area contributed by atoms with Gasteiger partial charge in [0.05, 0.1) is 0 Å². The van der Waals surface area contributed by atoms with Crippen LogP contribution in [0.5, 0.6) is 0 Å². The molecule has 4 rings (SSSR count). The van der Waals surface area contributed by atoms with Gasteiger partial charge in [0.25, 0.3) is 0 Å². The van der Waals surface area contributed by atoms with E-state index in [4.69, 9.17) is 0 Å². The van der Waals surface area contributed by atoms with E-state index in [-0.39, 0.29) is 0 Å². The minimum absolute atomic E-state index is 0.901. The number of rotatable bonds is 6. The van der Waals surface area contributed by atoms with Crippen LogP contribution in [0.25, 0.3) is 33.0 Å². The molecule has 34 heavy (non-hydrogen) atoms. The van der Waals surface area contributed by atoms with Gasteiger partial charge in [0.2, 0.25) is 0 Å². The molecule has 0 radical (unpaired) electrons. The molecule has 0 aliphatic carbocycles. The van der Waals surface area contributed by atoms with Crippen LogP contribution < -0.4 is 0 Å². The molecule has 4 aromatic rings. The van der Waals surface area contributed by atoms with Gasteiger partial charge in [-0.05, 0) is 58.5 Å². The predicted molar refractivity (Wildman–Crippen MR) is 143 cm³/mol. The van der Waals surface area contributed by atoms with Crippen LogP contribution in [0, 0.1) is 23.7 Å². The molecule has 0 aliphatic rings. The van der Waals surface area contributed by atoms with E-state index < -0.39 is 0 Å². The topological polar surface area (TPSA) is 25.8 Å². The average Bonchev–Trinajstić information content (AvgIpc) is 2.90. The minimum Gasteiger partial charge on any atom is -0.265 e. The van der Waals surface area contributed by atoms with Gasteiger partial charge in [-0.1, -0.05) is 80.7 Å². The van der Waals surface area contributed by atoms with Crippen LogP contribution in [0.15, 0.2) is 73.3 Å². The molecule has 0 saturated carbocycles. The molecule has 0 amide bonds. The van der Waals surface area contributed by atoms with Crippen molar-refractivity contribution >= 4 is 10.8 Å². The van der Waals surface area contributed by atoms with Crippen LogP contribution in [-0.4, -0.2) is 9.97 Å². The molecule has 2 aromatic heterocycles. The Balaban J connectivity index is 1.96. The quantitative estimate of drug-likeness (QED) is 0.223. The highest BCUT2D eigenvalue weighted by atomic mass is 14.6. The molecular weight excluding hydrogens is 412 g/mol. The number of aromatic nitrogens is 2. The third kappa shape index (κ3) is 5.36. The van der Waals surface area contributed by atoms with Gasteiger partial charge in [0.1, 0.15) is 0 Å².